The van der Waals surface area contributed by atoms with E-state index in [4.69, 9.17) is 4.74 Å². The fraction of sp³-hybridized carbons (Fsp3) is 0.455. The summed E-state index contributed by atoms with van der Waals surface area (Å²) in [6.45, 7) is 0.220. The summed E-state index contributed by atoms with van der Waals surface area (Å²) in [5, 5.41) is 2.85. The molecule has 3 saturated carbocycles. The van der Waals surface area contributed by atoms with Gasteiger partial charge in [0, 0.05) is 18.9 Å². The molecule has 0 aromatic carbocycles. The second-order valence-corrected chi connectivity index (χ2v) is 8.91. The van der Waals surface area contributed by atoms with E-state index in [2.05, 4.69) is 20.0 Å². The number of ketones is 1. The summed E-state index contributed by atoms with van der Waals surface area (Å²) in [5.41, 5.74) is -1.57. The number of amides is 1. The van der Waals surface area contributed by atoms with Gasteiger partial charge in [-0.15, -0.1) is 0 Å². The van der Waals surface area contributed by atoms with E-state index < -0.39 is 29.4 Å². The predicted octanol–water partition coefficient (Wildman–Crippen LogP) is 4.18. The Morgan fingerprint density at radius 2 is 1.65 bits per heavy atom. The highest BCUT2D eigenvalue weighted by atomic mass is 19.4. The summed E-state index contributed by atoms with van der Waals surface area (Å²) in [7, 11) is 0. The van der Waals surface area contributed by atoms with Crippen molar-refractivity contribution in [2.45, 2.75) is 50.4 Å². The van der Waals surface area contributed by atoms with Crippen molar-refractivity contribution in [3.63, 3.8) is 0 Å². The van der Waals surface area contributed by atoms with Crippen LogP contribution in [0.1, 0.15) is 48.8 Å². The molecule has 7 nitrogen and oxygen atoms in total. The number of ether oxygens (including phenoxy) is 2. The highest BCUT2D eigenvalue weighted by molar-refractivity contribution is 5.95. The van der Waals surface area contributed by atoms with Crippen LogP contribution >= 0.6 is 0 Å². The summed E-state index contributed by atoms with van der Waals surface area (Å²) in [4.78, 5) is 31.8. The number of aromatic nitrogens is 2. The summed E-state index contributed by atoms with van der Waals surface area (Å²) in [5.74, 6) is -0.767. The number of carbonyl (C=O) groups excluding carboxylic acids is 2. The van der Waals surface area contributed by atoms with Crippen LogP contribution in [-0.2, 0) is 11.0 Å². The average molecular weight is 485 g/mol. The van der Waals surface area contributed by atoms with Crippen molar-refractivity contribution in [1.29, 1.82) is 0 Å². The van der Waals surface area contributed by atoms with E-state index in [0.717, 1.165) is 24.5 Å². The second-order valence-electron chi connectivity index (χ2n) is 8.91. The number of Topliss-reactive ketones (excluding diaryl/α,β-unsaturated/α-hetero) is 1. The third-order valence-electron chi connectivity index (χ3n) is 5.80. The number of halogens is 5. The molecule has 0 aliphatic heterocycles. The molecule has 5 rings (SSSR count). The molecule has 0 spiro atoms. The normalized spacial score (nSPS) is 23.4. The van der Waals surface area contributed by atoms with Gasteiger partial charge >= 0.3 is 12.3 Å². The molecule has 2 aromatic heterocycles. The van der Waals surface area contributed by atoms with E-state index in [1.807, 2.05) is 0 Å². The van der Waals surface area contributed by atoms with Crippen molar-refractivity contribution < 1.29 is 41.0 Å². The van der Waals surface area contributed by atoms with E-state index in [1.165, 1.54) is 12.1 Å². The maximum absolute atomic E-state index is 12.9. The highest BCUT2D eigenvalue weighted by Crippen LogP contribution is 2.69. The van der Waals surface area contributed by atoms with E-state index in [1.54, 1.807) is 0 Å². The quantitative estimate of drug-likeness (QED) is 0.424. The summed E-state index contributed by atoms with van der Waals surface area (Å²) in [6.07, 6.45) is -3.92. The standard InChI is InChI=1S/C22H20F5N3O4/c1-19(23,24)34-14-2-4-15(28-8-14)16(31)6-20-10-21(11-20,12-20)30-18(32)9-33-13-3-5-17(29-7-13)22(25,26)27/h2-5,7-8H,6,9-12H2,1H3,(H,30,32). The van der Waals surface area contributed by atoms with Gasteiger partial charge in [-0.05, 0) is 48.9 Å². The van der Waals surface area contributed by atoms with Gasteiger partial charge < -0.3 is 14.8 Å². The van der Waals surface area contributed by atoms with Crippen LogP contribution < -0.4 is 14.8 Å². The lowest BCUT2D eigenvalue weighted by Crippen LogP contribution is -2.75. The van der Waals surface area contributed by atoms with E-state index >= 15 is 0 Å². The SMILES string of the molecule is CC(F)(F)Oc1ccc(C(=O)CC23CC(NC(=O)COc4ccc(C(F)(F)F)nc4)(C2)C3)nc1. The van der Waals surface area contributed by atoms with Gasteiger partial charge in [-0.25, -0.2) is 9.97 Å². The van der Waals surface area contributed by atoms with Crippen molar-refractivity contribution in [2.24, 2.45) is 5.41 Å². The molecule has 1 amide bonds. The lowest BCUT2D eigenvalue weighted by atomic mass is 9.38. The molecular formula is C22H20F5N3O4. The van der Waals surface area contributed by atoms with Gasteiger partial charge in [-0.3, -0.25) is 9.59 Å². The van der Waals surface area contributed by atoms with Gasteiger partial charge in [0.2, 0.25) is 0 Å². The summed E-state index contributed by atoms with van der Waals surface area (Å²) < 4.78 is 72.9. The molecule has 0 saturated heterocycles. The first kappa shape index (κ1) is 23.8. The molecular weight excluding hydrogens is 465 g/mol. The van der Waals surface area contributed by atoms with Crippen LogP contribution in [0.15, 0.2) is 36.7 Å². The Kier molecular flexibility index (Phi) is 5.73. The minimum atomic E-state index is -4.56. The maximum atomic E-state index is 12.9. The molecule has 0 radical (unpaired) electrons. The van der Waals surface area contributed by atoms with Crippen LogP contribution in [0.4, 0.5) is 22.0 Å². The zero-order valence-electron chi connectivity index (χ0n) is 17.9. The second kappa shape index (κ2) is 8.17. The van der Waals surface area contributed by atoms with Crippen molar-refractivity contribution in [1.82, 2.24) is 15.3 Å². The first-order valence-corrected chi connectivity index (χ1v) is 10.3. The lowest BCUT2D eigenvalue weighted by Gasteiger charge is -2.70. The molecule has 0 atom stereocenters. The van der Waals surface area contributed by atoms with Gasteiger partial charge in [0.1, 0.15) is 22.9 Å². The zero-order valence-corrected chi connectivity index (χ0v) is 17.9. The molecule has 34 heavy (non-hydrogen) atoms. The Balaban J connectivity index is 1.21. The molecule has 0 unspecified atom stereocenters. The van der Waals surface area contributed by atoms with Crippen molar-refractivity contribution in [3.8, 4) is 11.5 Å². The topological polar surface area (TPSA) is 90.4 Å². The average Bonchev–Trinajstić information content (AvgIpc) is 2.68. The first-order chi connectivity index (χ1) is 15.8. The number of alkyl halides is 5. The van der Waals surface area contributed by atoms with Crippen LogP contribution in [0, 0.1) is 5.41 Å². The first-order valence-electron chi connectivity index (χ1n) is 10.3. The number of nitrogens with one attached hydrogen (secondary N) is 1. The largest absolute Gasteiger partial charge is 0.482 e. The van der Waals surface area contributed by atoms with Crippen LogP contribution in [0.2, 0.25) is 0 Å². The van der Waals surface area contributed by atoms with Gasteiger partial charge in [-0.1, -0.05) is 0 Å². The smallest absolute Gasteiger partial charge is 0.433 e. The Morgan fingerprint density at radius 3 is 2.18 bits per heavy atom. The third kappa shape index (κ3) is 5.26. The van der Waals surface area contributed by atoms with Gasteiger partial charge in [0.25, 0.3) is 5.91 Å². The molecule has 1 N–H and O–H groups in total. The molecule has 12 heteroatoms. The monoisotopic (exact) mass is 485 g/mol. The van der Waals surface area contributed by atoms with Gasteiger partial charge in [0.15, 0.2) is 12.4 Å². The van der Waals surface area contributed by atoms with E-state index in [9.17, 15) is 31.5 Å². The molecule has 182 valence electrons. The van der Waals surface area contributed by atoms with E-state index in [-0.39, 0.29) is 41.4 Å². The van der Waals surface area contributed by atoms with Crippen molar-refractivity contribution >= 4 is 11.7 Å². The minimum Gasteiger partial charge on any atom is -0.482 e. The number of pyridine rings is 2. The van der Waals surface area contributed by atoms with Crippen LogP contribution in [0.5, 0.6) is 11.5 Å². The van der Waals surface area contributed by atoms with Gasteiger partial charge in [-0.2, -0.15) is 22.0 Å². The van der Waals surface area contributed by atoms with Gasteiger partial charge in [0.05, 0.1) is 12.4 Å². The molecule has 3 aliphatic rings. The van der Waals surface area contributed by atoms with Crippen LogP contribution in [0.3, 0.4) is 0 Å². The Labute approximate surface area is 190 Å². The Bertz CT molecular complexity index is 1060. The van der Waals surface area contributed by atoms with Crippen molar-refractivity contribution in [3.05, 3.63) is 48.0 Å². The number of hydrogen-bond donors (Lipinski definition) is 1. The maximum Gasteiger partial charge on any atom is 0.433 e. The van der Waals surface area contributed by atoms with Crippen LogP contribution in [0.25, 0.3) is 0 Å². The third-order valence-corrected chi connectivity index (χ3v) is 5.80. The van der Waals surface area contributed by atoms with Crippen LogP contribution in [-0.4, -0.2) is 39.9 Å². The summed E-state index contributed by atoms with van der Waals surface area (Å²) in [6, 6.07) is 4.45. The minimum absolute atomic E-state index is 0.0365. The zero-order chi connectivity index (χ0) is 24.8. The molecule has 2 bridgehead atoms. The fourth-order valence-electron chi connectivity index (χ4n) is 4.68. The molecule has 2 heterocycles. The fourth-order valence-corrected chi connectivity index (χ4v) is 4.68. The molecule has 2 aromatic rings. The Morgan fingerprint density at radius 1 is 1.00 bits per heavy atom. The van der Waals surface area contributed by atoms with Crippen molar-refractivity contribution in [2.75, 3.05) is 6.61 Å². The van der Waals surface area contributed by atoms with E-state index in [0.29, 0.717) is 26.2 Å². The predicted molar refractivity (Wildman–Crippen MR) is 106 cm³/mol. The molecule has 3 aliphatic carbocycles. The lowest BCUT2D eigenvalue weighted by molar-refractivity contribution is -0.164. The Hall–Kier alpha value is -3.31. The number of nitrogens with zero attached hydrogens (tertiary/aromatic N) is 2. The highest BCUT2D eigenvalue weighted by Gasteiger charge is 2.68. The number of hydrogen-bond acceptors (Lipinski definition) is 6. The summed E-state index contributed by atoms with van der Waals surface area (Å²) >= 11 is 0. The number of rotatable bonds is 9. The number of carbonyl (C=O) groups is 2. The molecule has 3 fully saturated rings.